The molecule has 1 amide bonds. The molecule has 0 aliphatic heterocycles. The largest absolute Gasteiger partial charge is 0.355 e. The Morgan fingerprint density at radius 1 is 1.32 bits per heavy atom. The van der Waals surface area contributed by atoms with E-state index in [1.54, 1.807) is 0 Å². The Balaban J connectivity index is 2.21. The average Bonchev–Trinajstić information content (AvgIpc) is 2.45. The number of thioether (sulfide) groups is 1. The fraction of sp³-hybridized carbons (Fsp3) is 0.533. The number of rotatable bonds is 8. The normalized spacial score (nSPS) is 13.8. The molecule has 1 aromatic rings. The highest BCUT2D eigenvalue weighted by Crippen LogP contribution is 2.08. The molecule has 2 atom stereocenters. The zero-order chi connectivity index (χ0) is 14.1. The van der Waals surface area contributed by atoms with E-state index in [2.05, 4.69) is 30.6 Å². The van der Waals surface area contributed by atoms with Crippen LogP contribution in [0.3, 0.4) is 0 Å². The molecule has 3 nitrogen and oxygen atoms in total. The first-order valence-electron chi connectivity index (χ1n) is 6.73. The molecule has 0 radical (unpaired) electrons. The quantitative estimate of drug-likeness (QED) is 0.767. The number of hydrogen-bond acceptors (Lipinski definition) is 3. The van der Waals surface area contributed by atoms with E-state index >= 15 is 0 Å². The van der Waals surface area contributed by atoms with E-state index in [0.717, 1.165) is 12.8 Å². The Labute approximate surface area is 120 Å². The number of nitrogens with two attached hydrogens (primary N) is 1. The van der Waals surface area contributed by atoms with Crippen molar-refractivity contribution in [1.82, 2.24) is 5.32 Å². The second kappa shape index (κ2) is 8.99. The third-order valence-electron chi connectivity index (χ3n) is 3.18. The van der Waals surface area contributed by atoms with Gasteiger partial charge in [0.15, 0.2) is 0 Å². The van der Waals surface area contributed by atoms with E-state index in [1.165, 1.54) is 5.56 Å². The maximum Gasteiger partial charge on any atom is 0.236 e. The van der Waals surface area contributed by atoms with E-state index in [4.69, 9.17) is 5.73 Å². The van der Waals surface area contributed by atoms with E-state index < -0.39 is 6.04 Å². The summed E-state index contributed by atoms with van der Waals surface area (Å²) in [4.78, 5) is 11.8. The maximum atomic E-state index is 11.8. The number of amides is 1. The third kappa shape index (κ3) is 6.64. The SMILES string of the molecule is CSC(C)CCNC(=O)[C@@H](N)CCc1ccccc1. The van der Waals surface area contributed by atoms with Gasteiger partial charge in [0.25, 0.3) is 0 Å². The minimum Gasteiger partial charge on any atom is -0.355 e. The van der Waals surface area contributed by atoms with Gasteiger partial charge in [-0.05, 0) is 31.1 Å². The van der Waals surface area contributed by atoms with Crippen molar-refractivity contribution in [2.45, 2.75) is 37.5 Å². The smallest absolute Gasteiger partial charge is 0.236 e. The number of nitrogens with one attached hydrogen (secondary N) is 1. The zero-order valence-electron chi connectivity index (χ0n) is 11.8. The van der Waals surface area contributed by atoms with Crippen molar-refractivity contribution >= 4 is 17.7 Å². The van der Waals surface area contributed by atoms with Crippen LogP contribution in [0.15, 0.2) is 30.3 Å². The van der Waals surface area contributed by atoms with Gasteiger partial charge in [0.2, 0.25) is 5.91 Å². The Morgan fingerprint density at radius 3 is 2.63 bits per heavy atom. The summed E-state index contributed by atoms with van der Waals surface area (Å²) in [5.41, 5.74) is 7.12. The van der Waals surface area contributed by atoms with Crippen LogP contribution < -0.4 is 11.1 Å². The standard InChI is InChI=1S/C15H24N2OS/c1-12(19-2)10-11-17-15(18)14(16)9-8-13-6-4-3-5-7-13/h3-7,12,14H,8-11,16H2,1-2H3,(H,17,18)/t12?,14-/m0/s1. The predicted octanol–water partition coefficient (Wildman–Crippen LogP) is 2.20. The van der Waals surface area contributed by atoms with Gasteiger partial charge in [-0.1, -0.05) is 37.3 Å². The van der Waals surface area contributed by atoms with Crippen LogP contribution >= 0.6 is 11.8 Å². The van der Waals surface area contributed by atoms with Gasteiger partial charge in [-0.3, -0.25) is 4.79 Å². The zero-order valence-corrected chi connectivity index (χ0v) is 12.6. The fourth-order valence-corrected chi connectivity index (χ4v) is 2.10. The molecule has 0 saturated carbocycles. The number of benzene rings is 1. The van der Waals surface area contributed by atoms with Crippen LogP contribution in [0.25, 0.3) is 0 Å². The second-order valence-electron chi connectivity index (χ2n) is 4.76. The summed E-state index contributed by atoms with van der Waals surface area (Å²) >= 11 is 1.81. The molecule has 0 aliphatic rings. The lowest BCUT2D eigenvalue weighted by atomic mass is 10.1. The molecule has 0 aliphatic carbocycles. The molecule has 19 heavy (non-hydrogen) atoms. The topological polar surface area (TPSA) is 55.1 Å². The molecular formula is C15H24N2OS. The molecule has 3 N–H and O–H groups in total. The summed E-state index contributed by atoms with van der Waals surface area (Å²) in [5, 5.41) is 3.48. The molecule has 0 fully saturated rings. The molecule has 0 saturated heterocycles. The van der Waals surface area contributed by atoms with Crippen LogP contribution in [-0.2, 0) is 11.2 Å². The summed E-state index contributed by atoms with van der Waals surface area (Å²) in [6.07, 6.45) is 4.60. The third-order valence-corrected chi connectivity index (χ3v) is 4.22. The molecule has 0 spiro atoms. The van der Waals surface area contributed by atoms with Crippen molar-refractivity contribution in [2.24, 2.45) is 5.73 Å². The van der Waals surface area contributed by atoms with Crippen LogP contribution in [0.2, 0.25) is 0 Å². The first kappa shape index (κ1) is 16.1. The summed E-state index contributed by atoms with van der Waals surface area (Å²) in [5.74, 6) is -0.0377. The predicted molar refractivity (Wildman–Crippen MR) is 83.3 cm³/mol. The van der Waals surface area contributed by atoms with Gasteiger partial charge in [0, 0.05) is 11.8 Å². The molecule has 4 heteroatoms. The van der Waals surface area contributed by atoms with Crippen LogP contribution in [0, 0.1) is 0 Å². The van der Waals surface area contributed by atoms with Crippen molar-refractivity contribution in [1.29, 1.82) is 0 Å². The Bertz CT molecular complexity index is 370. The number of hydrogen-bond donors (Lipinski definition) is 2. The van der Waals surface area contributed by atoms with E-state index in [1.807, 2.05) is 30.0 Å². The van der Waals surface area contributed by atoms with Crippen molar-refractivity contribution < 1.29 is 4.79 Å². The summed E-state index contributed by atoms with van der Waals surface area (Å²) in [6, 6.07) is 9.71. The molecule has 1 unspecified atom stereocenters. The molecule has 0 aromatic heterocycles. The van der Waals surface area contributed by atoms with Crippen molar-refractivity contribution in [3.63, 3.8) is 0 Å². The Kier molecular flexibility index (Phi) is 7.60. The minimum absolute atomic E-state index is 0.0377. The van der Waals surface area contributed by atoms with Crippen LogP contribution in [0.1, 0.15) is 25.3 Å². The highest BCUT2D eigenvalue weighted by atomic mass is 32.2. The molecular weight excluding hydrogens is 256 g/mol. The molecule has 1 rings (SSSR count). The van der Waals surface area contributed by atoms with Gasteiger partial charge in [0.05, 0.1) is 6.04 Å². The van der Waals surface area contributed by atoms with Crippen molar-refractivity contribution in [3.8, 4) is 0 Å². The van der Waals surface area contributed by atoms with Crippen molar-refractivity contribution in [3.05, 3.63) is 35.9 Å². The Hall–Kier alpha value is -1.00. The van der Waals surface area contributed by atoms with Crippen molar-refractivity contribution in [2.75, 3.05) is 12.8 Å². The summed E-state index contributed by atoms with van der Waals surface area (Å²) < 4.78 is 0. The summed E-state index contributed by atoms with van der Waals surface area (Å²) in [7, 11) is 0. The van der Waals surface area contributed by atoms with Gasteiger partial charge in [-0.15, -0.1) is 0 Å². The van der Waals surface area contributed by atoms with E-state index in [-0.39, 0.29) is 5.91 Å². The average molecular weight is 280 g/mol. The van der Waals surface area contributed by atoms with E-state index in [9.17, 15) is 4.79 Å². The van der Waals surface area contributed by atoms with E-state index in [0.29, 0.717) is 18.2 Å². The van der Waals surface area contributed by atoms with Crippen LogP contribution in [0.5, 0.6) is 0 Å². The highest BCUT2D eigenvalue weighted by molar-refractivity contribution is 7.99. The van der Waals surface area contributed by atoms with Gasteiger partial charge in [-0.25, -0.2) is 0 Å². The van der Waals surface area contributed by atoms with Gasteiger partial charge in [-0.2, -0.15) is 11.8 Å². The lowest BCUT2D eigenvalue weighted by molar-refractivity contribution is -0.122. The fourth-order valence-electron chi connectivity index (χ4n) is 1.75. The van der Waals surface area contributed by atoms with Crippen LogP contribution in [-0.4, -0.2) is 30.0 Å². The first-order valence-corrected chi connectivity index (χ1v) is 8.02. The number of aryl methyl sites for hydroxylation is 1. The monoisotopic (exact) mass is 280 g/mol. The second-order valence-corrected chi connectivity index (χ2v) is 6.03. The lowest BCUT2D eigenvalue weighted by Gasteiger charge is -2.13. The highest BCUT2D eigenvalue weighted by Gasteiger charge is 2.12. The Morgan fingerprint density at radius 2 is 2.00 bits per heavy atom. The van der Waals surface area contributed by atoms with Gasteiger partial charge in [0.1, 0.15) is 0 Å². The van der Waals surface area contributed by atoms with Gasteiger partial charge < -0.3 is 11.1 Å². The number of carbonyl (C=O) groups excluding carboxylic acids is 1. The molecule has 106 valence electrons. The lowest BCUT2D eigenvalue weighted by Crippen LogP contribution is -2.41. The molecule has 0 heterocycles. The molecule has 0 bridgehead atoms. The first-order chi connectivity index (χ1) is 9.13. The summed E-state index contributed by atoms with van der Waals surface area (Å²) in [6.45, 7) is 2.87. The molecule has 1 aromatic carbocycles. The van der Waals surface area contributed by atoms with Gasteiger partial charge >= 0.3 is 0 Å². The minimum atomic E-state index is -0.412. The van der Waals surface area contributed by atoms with Crippen LogP contribution in [0.4, 0.5) is 0 Å². The maximum absolute atomic E-state index is 11.8. The number of carbonyl (C=O) groups is 1.